The number of benzene rings is 1. The molecule has 0 atom stereocenters. The van der Waals surface area contributed by atoms with E-state index < -0.39 is 5.79 Å². The van der Waals surface area contributed by atoms with Crippen LogP contribution in [0.3, 0.4) is 0 Å². The molecule has 1 heterocycles. The Morgan fingerprint density at radius 1 is 1.40 bits per heavy atom. The highest BCUT2D eigenvalue weighted by molar-refractivity contribution is 5.35. The van der Waals surface area contributed by atoms with Gasteiger partial charge >= 0.3 is 0 Å². The molecule has 0 radical (unpaired) electrons. The van der Waals surface area contributed by atoms with Crippen molar-refractivity contribution in [1.29, 1.82) is 5.26 Å². The van der Waals surface area contributed by atoms with Crippen LogP contribution in [0.2, 0.25) is 0 Å². The van der Waals surface area contributed by atoms with Crippen LogP contribution < -0.4 is 5.73 Å². The van der Waals surface area contributed by atoms with Gasteiger partial charge in [0.1, 0.15) is 0 Å². The van der Waals surface area contributed by atoms with E-state index in [0.717, 1.165) is 5.56 Å². The first-order valence-corrected chi connectivity index (χ1v) is 4.79. The molecule has 2 rings (SSSR count). The Labute approximate surface area is 88.2 Å². The second kappa shape index (κ2) is 3.99. The van der Waals surface area contributed by atoms with Crippen LogP contribution in [0.4, 0.5) is 0 Å². The summed E-state index contributed by atoms with van der Waals surface area (Å²) in [5, 5.41) is 8.80. The molecule has 1 saturated heterocycles. The van der Waals surface area contributed by atoms with Crippen LogP contribution in [0.1, 0.15) is 11.1 Å². The molecule has 0 bridgehead atoms. The smallest absolute Gasteiger partial charge is 0.207 e. The van der Waals surface area contributed by atoms with Crippen LogP contribution in [-0.2, 0) is 15.3 Å². The van der Waals surface area contributed by atoms with E-state index >= 15 is 0 Å². The summed E-state index contributed by atoms with van der Waals surface area (Å²) in [7, 11) is 0. The van der Waals surface area contributed by atoms with Gasteiger partial charge in [-0.2, -0.15) is 5.26 Å². The van der Waals surface area contributed by atoms with Crippen molar-refractivity contribution in [2.24, 2.45) is 5.73 Å². The van der Waals surface area contributed by atoms with Crippen molar-refractivity contribution < 1.29 is 9.47 Å². The van der Waals surface area contributed by atoms with Crippen molar-refractivity contribution in [3.63, 3.8) is 0 Å². The van der Waals surface area contributed by atoms with Crippen LogP contribution in [-0.4, -0.2) is 19.8 Å². The van der Waals surface area contributed by atoms with E-state index in [0.29, 0.717) is 18.8 Å². The van der Waals surface area contributed by atoms with E-state index in [2.05, 4.69) is 6.07 Å². The van der Waals surface area contributed by atoms with Gasteiger partial charge in [0.15, 0.2) is 0 Å². The first kappa shape index (κ1) is 10.1. The third-order valence-corrected chi connectivity index (χ3v) is 2.45. The molecule has 1 aliphatic heterocycles. The molecule has 1 fully saturated rings. The van der Waals surface area contributed by atoms with Crippen LogP contribution in [0.5, 0.6) is 0 Å². The van der Waals surface area contributed by atoms with Crippen molar-refractivity contribution in [3.8, 4) is 6.07 Å². The monoisotopic (exact) mass is 204 g/mol. The van der Waals surface area contributed by atoms with Gasteiger partial charge in [-0.15, -0.1) is 0 Å². The standard InChI is InChI=1S/C11H12N2O2/c12-7-9-2-1-3-10(6-9)11(8-13)14-4-5-15-11/h1-3,6H,4-5,8,13H2. The zero-order valence-corrected chi connectivity index (χ0v) is 8.27. The molecule has 4 nitrogen and oxygen atoms in total. The average molecular weight is 204 g/mol. The third kappa shape index (κ3) is 1.73. The van der Waals surface area contributed by atoms with Gasteiger partial charge in [-0.1, -0.05) is 12.1 Å². The summed E-state index contributed by atoms with van der Waals surface area (Å²) in [6.45, 7) is 1.32. The number of rotatable bonds is 2. The van der Waals surface area contributed by atoms with Gasteiger partial charge in [0.05, 0.1) is 31.4 Å². The van der Waals surface area contributed by atoms with Crippen LogP contribution in [0, 0.1) is 11.3 Å². The number of hydrogen-bond acceptors (Lipinski definition) is 4. The Morgan fingerprint density at radius 2 is 2.13 bits per heavy atom. The molecule has 1 aliphatic rings. The Kier molecular flexibility index (Phi) is 2.69. The zero-order chi connectivity index (χ0) is 10.7. The quantitative estimate of drug-likeness (QED) is 0.770. The third-order valence-electron chi connectivity index (χ3n) is 2.45. The minimum atomic E-state index is -0.854. The van der Waals surface area contributed by atoms with Crippen molar-refractivity contribution >= 4 is 0 Å². The van der Waals surface area contributed by atoms with Gasteiger partial charge in [0.2, 0.25) is 5.79 Å². The molecule has 4 heteroatoms. The maximum Gasteiger partial charge on any atom is 0.207 e. The molecule has 1 aromatic carbocycles. The van der Waals surface area contributed by atoms with E-state index in [1.807, 2.05) is 6.07 Å². The molecular weight excluding hydrogens is 192 g/mol. The van der Waals surface area contributed by atoms with Gasteiger partial charge in [0.25, 0.3) is 0 Å². The number of nitrogens with two attached hydrogens (primary N) is 1. The maximum absolute atomic E-state index is 8.80. The Morgan fingerprint density at radius 3 is 2.73 bits per heavy atom. The summed E-state index contributed by atoms with van der Waals surface area (Å²) in [4.78, 5) is 0. The topological polar surface area (TPSA) is 68.3 Å². The van der Waals surface area contributed by atoms with E-state index in [4.69, 9.17) is 20.5 Å². The molecule has 0 unspecified atom stereocenters. The fourth-order valence-electron chi connectivity index (χ4n) is 1.68. The first-order chi connectivity index (χ1) is 7.30. The summed E-state index contributed by atoms with van der Waals surface area (Å²) < 4.78 is 11.0. The molecule has 0 amide bonds. The molecular formula is C11H12N2O2. The number of nitrogens with zero attached hydrogens (tertiary/aromatic N) is 1. The lowest BCUT2D eigenvalue weighted by Gasteiger charge is -2.25. The van der Waals surface area contributed by atoms with E-state index in [9.17, 15) is 0 Å². The first-order valence-electron chi connectivity index (χ1n) is 4.79. The number of hydrogen-bond donors (Lipinski definition) is 1. The SMILES string of the molecule is N#Cc1cccc(C2(CN)OCCO2)c1. The Hall–Kier alpha value is -1.41. The largest absolute Gasteiger partial charge is 0.342 e. The van der Waals surface area contributed by atoms with Gasteiger partial charge in [-0.3, -0.25) is 0 Å². The van der Waals surface area contributed by atoms with E-state index in [1.54, 1.807) is 18.2 Å². The van der Waals surface area contributed by atoms with Crippen LogP contribution >= 0.6 is 0 Å². The second-order valence-electron chi connectivity index (χ2n) is 3.35. The molecule has 2 N–H and O–H groups in total. The molecule has 15 heavy (non-hydrogen) atoms. The molecule has 0 spiro atoms. The van der Waals surface area contributed by atoms with E-state index in [-0.39, 0.29) is 6.54 Å². The highest BCUT2D eigenvalue weighted by Crippen LogP contribution is 2.30. The predicted octanol–water partition coefficient (Wildman–Crippen LogP) is 0.717. The lowest BCUT2D eigenvalue weighted by molar-refractivity contribution is -0.156. The minimum absolute atomic E-state index is 0.252. The van der Waals surface area contributed by atoms with Gasteiger partial charge < -0.3 is 15.2 Å². The van der Waals surface area contributed by atoms with Crippen molar-refractivity contribution in [2.75, 3.05) is 19.8 Å². The minimum Gasteiger partial charge on any atom is -0.342 e. The fourth-order valence-corrected chi connectivity index (χ4v) is 1.68. The van der Waals surface area contributed by atoms with Gasteiger partial charge in [-0.05, 0) is 12.1 Å². The van der Waals surface area contributed by atoms with Gasteiger partial charge in [-0.25, -0.2) is 0 Å². The molecule has 1 aromatic rings. The van der Waals surface area contributed by atoms with Crippen molar-refractivity contribution in [1.82, 2.24) is 0 Å². The van der Waals surface area contributed by atoms with Crippen molar-refractivity contribution in [2.45, 2.75) is 5.79 Å². The lowest BCUT2D eigenvalue weighted by atomic mass is 10.0. The van der Waals surface area contributed by atoms with E-state index in [1.165, 1.54) is 0 Å². The lowest BCUT2D eigenvalue weighted by Crippen LogP contribution is -2.36. The molecule has 78 valence electrons. The summed E-state index contributed by atoms with van der Waals surface area (Å²) in [6, 6.07) is 9.23. The average Bonchev–Trinajstić information content (AvgIpc) is 2.79. The van der Waals surface area contributed by atoms with Gasteiger partial charge in [0, 0.05) is 5.56 Å². The summed E-state index contributed by atoms with van der Waals surface area (Å²) in [5.41, 5.74) is 7.05. The molecule has 0 aliphatic carbocycles. The summed E-state index contributed by atoms with van der Waals surface area (Å²) in [6.07, 6.45) is 0. The van der Waals surface area contributed by atoms with Crippen LogP contribution in [0.25, 0.3) is 0 Å². The molecule has 0 aromatic heterocycles. The normalized spacial score (nSPS) is 18.7. The molecule has 0 saturated carbocycles. The highest BCUT2D eigenvalue weighted by Gasteiger charge is 2.37. The van der Waals surface area contributed by atoms with Crippen molar-refractivity contribution in [3.05, 3.63) is 35.4 Å². The predicted molar refractivity (Wildman–Crippen MR) is 53.8 cm³/mol. The maximum atomic E-state index is 8.80. The Balaban J connectivity index is 2.39. The summed E-state index contributed by atoms with van der Waals surface area (Å²) in [5.74, 6) is -0.854. The highest BCUT2D eigenvalue weighted by atomic mass is 16.7. The zero-order valence-electron chi connectivity index (χ0n) is 8.27. The van der Waals surface area contributed by atoms with Crippen LogP contribution in [0.15, 0.2) is 24.3 Å². The second-order valence-corrected chi connectivity index (χ2v) is 3.35. The fraction of sp³-hybridized carbons (Fsp3) is 0.364. The number of ether oxygens (including phenoxy) is 2. The summed E-state index contributed by atoms with van der Waals surface area (Å²) >= 11 is 0. The Bertz CT molecular complexity index is 392. The number of nitriles is 1.